The van der Waals surface area contributed by atoms with E-state index in [2.05, 4.69) is 23.6 Å². The second-order valence-corrected chi connectivity index (χ2v) is 5.37. The molecule has 2 bridgehead atoms. The minimum Gasteiger partial charge on any atom is -0.480 e. The van der Waals surface area contributed by atoms with Crippen molar-refractivity contribution in [2.45, 2.75) is 38.8 Å². The minimum atomic E-state index is -0.704. The minimum absolute atomic E-state index is 0.187. The predicted molar refractivity (Wildman–Crippen MR) is 62.4 cm³/mol. The van der Waals surface area contributed by atoms with Gasteiger partial charge in [0.2, 0.25) is 0 Å². The zero-order valence-electron chi connectivity index (χ0n) is 10.2. The fourth-order valence-electron chi connectivity index (χ4n) is 3.15. The third kappa shape index (κ3) is 2.38. The lowest BCUT2D eigenvalue weighted by Gasteiger charge is -2.50. The van der Waals surface area contributed by atoms with Crippen molar-refractivity contribution in [2.24, 2.45) is 5.92 Å². The number of piperidine rings is 3. The number of carboxylic acids is 1. The Morgan fingerprint density at radius 1 is 1.44 bits per heavy atom. The van der Waals surface area contributed by atoms with Gasteiger partial charge in [0.25, 0.3) is 0 Å². The summed E-state index contributed by atoms with van der Waals surface area (Å²) >= 11 is 0. The molecule has 16 heavy (non-hydrogen) atoms. The lowest BCUT2D eigenvalue weighted by Crippen LogP contribution is -2.59. The van der Waals surface area contributed by atoms with Gasteiger partial charge < -0.3 is 10.0 Å². The predicted octanol–water partition coefficient (Wildman–Crippen LogP) is 0.876. The fourth-order valence-corrected chi connectivity index (χ4v) is 3.15. The van der Waals surface area contributed by atoms with Crippen LogP contribution in [0, 0.1) is 5.92 Å². The van der Waals surface area contributed by atoms with Crippen molar-refractivity contribution in [3.63, 3.8) is 0 Å². The van der Waals surface area contributed by atoms with Gasteiger partial charge in [-0.3, -0.25) is 9.69 Å². The van der Waals surface area contributed by atoms with Crippen LogP contribution in [0.2, 0.25) is 0 Å². The smallest absolute Gasteiger partial charge is 0.317 e. The summed E-state index contributed by atoms with van der Waals surface area (Å²) in [4.78, 5) is 15.5. The van der Waals surface area contributed by atoms with E-state index in [0.717, 1.165) is 6.54 Å². The van der Waals surface area contributed by atoms with Crippen LogP contribution in [-0.4, -0.2) is 59.1 Å². The summed E-state index contributed by atoms with van der Waals surface area (Å²) in [6.45, 7) is 7.87. The van der Waals surface area contributed by atoms with Crippen LogP contribution in [0.25, 0.3) is 0 Å². The SMILES string of the molecule is CC(C)N(CC(=O)O)C1CN2CCC1CC2. The van der Waals surface area contributed by atoms with Crippen LogP contribution < -0.4 is 0 Å². The summed E-state index contributed by atoms with van der Waals surface area (Å²) in [5.74, 6) is 0.0110. The molecule has 0 aromatic carbocycles. The molecule has 3 fully saturated rings. The molecule has 3 rings (SSSR count). The molecule has 0 radical (unpaired) electrons. The van der Waals surface area contributed by atoms with E-state index in [-0.39, 0.29) is 6.54 Å². The topological polar surface area (TPSA) is 43.8 Å². The molecular weight excluding hydrogens is 204 g/mol. The first-order valence-corrected chi connectivity index (χ1v) is 6.28. The molecule has 3 aliphatic heterocycles. The number of rotatable bonds is 4. The van der Waals surface area contributed by atoms with Gasteiger partial charge >= 0.3 is 5.97 Å². The van der Waals surface area contributed by atoms with Gasteiger partial charge in [-0.2, -0.15) is 0 Å². The molecule has 0 saturated carbocycles. The molecule has 1 atom stereocenters. The largest absolute Gasteiger partial charge is 0.480 e. The van der Waals surface area contributed by atoms with Gasteiger partial charge in [-0.05, 0) is 45.7 Å². The average Bonchev–Trinajstić information content (AvgIpc) is 2.27. The van der Waals surface area contributed by atoms with Crippen LogP contribution in [0.5, 0.6) is 0 Å². The molecule has 4 heteroatoms. The molecule has 1 unspecified atom stereocenters. The van der Waals surface area contributed by atoms with Crippen molar-refractivity contribution in [3.8, 4) is 0 Å². The molecule has 0 aromatic rings. The van der Waals surface area contributed by atoms with Gasteiger partial charge in [-0.25, -0.2) is 0 Å². The summed E-state index contributed by atoms with van der Waals surface area (Å²) in [6, 6.07) is 0.778. The van der Waals surface area contributed by atoms with E-state index in [9.17, 15) is 4.79 Å². The molecular formula is C12H22N2O2. The van der Waals surface area contributed by atoms with Crippen molar-refractivity contribution in [1.82, 2.24) is 9.80 Å². The van der Waals surface area contributed by atoms with Crippen LogP contribution in [0.3, 0.4) is 0 Å². The Kier molecular flexibility index (Phi) is 3.50. The van der Waals surface area contributed by atoms with Gasteiger partial charge in [-0.1, -0.05) is 0 Å². The number of nitrogens with zero attached hydrogens (tertiary/aromatic N) is 2. The van der Waals surface area contributed by atoms with E-state index >= 15 is 0 Å². The van der Waals surface area contributed by atoms with Crippen LogP contribution in [0.15, 0.2) is 0 Å². The Balaban J connectivity index is 2.05. The zero-order valence-corrected chi connectivity index (χ0v) is 10.2. The molecule has 0 aromatic heterocycles. The van der Waals surface area contributed by atoms with Crippen LogP contribution >= 0.6 is 0 Å². The van der Waals surface area contributed by atoms with Crippen molar-refractivity contribution < 1.29 is 9.90 Å². The van der Waals surface area contributed by atoms with Gasteiger partial charge in [-0.15, -0.1) is 0 Å². The molecule has 4 nitrogen and oxygen atoms in total. The average molecular weight is 226 g/mol. The molecule has 0 spiro atoms. The van der Waals surface area contributed by atoms with Crippen molar-refractivity contribution in [2.75, 3.05) is 26.2 Å². The monoisotopic (exact) mass is 226 g/mol. The number of aliphatic carboxylic acids is 1. The number of fused-ring (bicyclic) bond motifs is 3. The van der Waals surface area contributed by atoms with Crippen molar-refractivity contribution in [3.05, 3.63) is 0 Å². The second-order valence-electron chi connectivity index (χ2n) is 5.37. The lowest BCUT2D eigenvalue weighted by atomic mass is 9.82. The van der Waals surface area contributed by atoms with E-state index < -0.39 is 5.97 Å². The Bertz CT molecular complexity index is 260. The van der Waals surface area contributed by atoms with Crippen molar-refractivity contribution in [1.29, 1.82) is 0 Å². The maximum Gasteiger partial charge on any atom is 0.317 e. The standard InChI is InChI=1S/C12H22N2O2/c1-9(2)14(8-12(15)16)11-7-13-5-3-10(11)4-6-13/h9-11H,3-8H2,1-2H3,(H,15,16). The van der Waals surface area contributed by atoms with Gasteiger partial charge in [0.1, 0.15) is 0 Å². The van der Waals surface area contributed by atoms with Crippen LogP contribution in [0.1, 0.15) is 26.7 Å². The lowest BCUT2D eigenvalue weighted by molar-refractivity contribution is -0.141. The summed E-state index contributed by atoms with van der Waals surface area (Å²) in [7, 11) is 0. The Labute approximate surface area is 97.2 Å². The highest BCUT2D eigenvalue weighted by Gasteiger charge is 2.38. The van der Waals surface area contributed by atoms with E-state index in [4.69, 9.17) is 5.11 Å². The normalized spacial score (nSPS) is 33.6. The van der Waals surface area contributed by atoms with E-state index in [1.807, 2.05) is 0 Å². The first-order chi connectivity index (χ1) is 7.58. The molecule has 3 aliphatic rings. The van der Waals surface area contributed by atoms with Crippen LogP contribution in [-0.2, 0) is 4.79 Å². The third-order valence-corrected chi connectivity index (χ3v) is 4.03. The van der Waals surface area contributed by atoms with E-state index in [1.165, 1.54) is 25.9 Å². The molecule has 92 valence electrons. The van der Waals surface area contributed by atoms with Gasteiger partial charge in [0.15, 0.2) is 0 Å². The first kappa shape index (κ1) is 11.9. The van der Waals surface area contributed by atoms with Gasteiger partial charge in [0, 0.05) is 18.6 Å². The maximum absolute atomic E-state index is 10.9. The van der Waals surface area contributed by atoms with Crippen molar-refractivity contribution >= 4 is 5.97 Å². The number of hydrogen-bond donors (Lipinski definition) is 1. The third-order valence-electron chi connectivity index (χ3n) is 4.03. The summed E-state index contributed by atoms with van der Waals surface area (Å²) in [5, 5.41) is 8.98. The molecule has 0 amide bonds. The summed E-state index contributed by atoms with van der Waals surface area (Å²) in [6.07, 6.45) is 2.49. The number of carboxylic acid groups (broad SMARTS) is 1. The van der Waals surface area contributed by atoms with E-state index in [1.54, 1.807) is 0 Å². The highest BCUT2D eigenvalue weighted by Crippen LogP contribution is 2.31. The maximum atomic E-state index is 10.9. The van der Waals surface area contributed by atoms with Gasteiger partial charge in [0.05, 0.1) is 6.54 Å². The Hall–Kier alpha value is -0.610. The fraction of sp³-hybridized carbons (Fsp3) is 0.917. The molecule has 3 heterocycles. The zero-order chi connectivity index (χ0) is 11.7. The highest BCUT2D eigenvalue weighted by molar-refractivity contribution is 5.69. The number of carbonyl (C=O) groups is 1. The molecule has 3 saturated heterocycles. The Morgan fingerprint density at radius 2 is 2.06 bits per heavy atom. The first-order valence-electron chi connectivity index (χ1n) is 6.28. The van der Waals surface area contributed by atoms with Crippen LogP contribution in [0.4, 0.5) is 0 Å². The van der Waals surface area contributed by atoms with E-state index in [0.29, 0.717) is 18.0 Å². The molecule has 1 N–H and O–H groups in total. The molecule has 0 aliphatic carbocycles. The number of hydrogen-bond acceptors (Lipinski definition) is 3. The Morgan fingerprint density at radius 3 is 2.44 bits per heavy atom. The summed E-state index contributed by atoms with van der Waals surface area (Å²) < 4.78 is 0. The second kappa shape index (κ2) is 4.72. The quantitative estimate of drug-likeness (QED) is 0.772. The highest BCUT2D eigenvalue weighted by atomic mass is 16.4. The summed E-state index contributed by atoms with van der Waals surface area (Å²) in [5.41, 5.74) is 0.